The SMILES string of the molecule is N#Cc1ccccc1/C(=C/c1ccc(-c2c3ccccc3c(-c3ccc(N(c4ccccc4)c4ccccc4)cc3)c3ccccc23)cc1)c1ccccc1. The highest BCUT2D eigenvalue weighted by Crippen LogP contribution is 2.44. The van der Waals surface area contributed by atoms with Crippen molar-refractivity contribution in [2.24, 2.45) is 0 Å². The van der Waals surface area contributed by atoms with Crippen LogP contribution in [0.4, 0.5) is 17.1 Å². The molecule has 0 radical (unpaired) electrons. The molecule has 9 rings (SSSR count). The van der Waals surface area contributed by atoms with Crippen LogP contribution >= 0.6 is 0 Å². The molecule has 0 heterocycles. The molecule has 0 bridgehead atoms. The first-order chi connectivity index (χ1) is 27.3. The lowest BCUT2D eigenvalue weighted by atomic mass is 9.85. The summed E-state index contributed by atoms with van der Waals surface area (Å²) in [7, 11) is 0. The van der Waals surface area contributed by atoms with E-state index in [1.54, 1.807) is 0 Å². The Labute approximate surface area is 322 Å². The lowest BCUT2D eigenvalue weighted by molar-refractivity contribution is 1.28. The van der Waals surface area contributed by atoms with Crippen LogP contribution in [0.2, 0.25) is 0 Å². The van der Waals surface area contributed by atoms with Gasteiger partial charge in [-0.1, -0.05) is 170 Å². The Morgan fingerprint density at radius 1 is 0.400 bits per heavy atom. The van der Waals surface area contributed by atoms with Crippen LogP contribution in [0.5, 0.6) is 0 Å². The van der Waals surface area contributed by atoms with E-state index in [-0.39, 0.29) is 0 Å². The quantitative estimate of drug-likeness (QED) is 0.117. The molecule has 0 amide bonds. The maximum Gasteiger partial charge on any atom is 0.0998 e. The predicted molar refractivity (Wildman–Crippen MR) is 232 cm³/mol. The third-order valence-corrected chi connectivity index (χ3v) is 10.3. The third-order valence-electron chi connectivity index (χ3n) is 10.3. The van der Waals surface area contributed by atoms with Gasteiger partial charge in [-0.3, -0.25) is 0 Å². The van der Waals surface area contributed by atoms with Crippen LogP contribution in [0.1, 0.15) is 22.3 Å². The average molecular weight is 701 g/mol. The van der Waals surface area contributed by atoms with Gasteiger partial charge in [0, 0.05) is 22.6 Å². The molecule has 0 aromatic heterocycles. The number of benzene rings is 9. The van der Waals surface area contributed by atoms with Crippen molar-refractivity contribution in [3.05, 3.63) is 235 Å². The summed E-state index contributed by atoms with van der Waals surface area (Å²) in [4.78, 5) is 2.30. The fourth-order valence-corrected chi connectivity index (χ4v) is 7.79. The number of hydrogen-bond donors (Lipinski definition) is 0. The molecule has 0 fully saturated rings. The standard InChI is InChI=1S/C53H36N2/c54-37-42-18-10-11-23-46(42)51(39-16-4-1-5-17-39)36-38-28-30-40(31-29-38)52-47-24-12-14-26-49(47)53(50-27-15-13-25-48(50)52)41-32-34-45(35-33-41)55(43-19-6-2-7-20-43)44-21-8-3-9-22-44/h1-36H/b51-36+. The van der Waals surface area contributed by atoms with Crippen molar-refractivity contribution in [2.45, 2.75) is 0 Å². The highest BCUT2D eigenvalue weighted by Gasteiger charge is 2.18. The zero-order chi connectivity index (χ0) is 37.0. The highest BCUT2D eigenvalue weighted by atomic mass is 15.1. The monoisotopic (exact) mass is 700 g/mol. The molecule has 2 nitrogen and oxygen atoms in total. The summed E-state index contributed by atoms with van der Waals surface area (Å²) >= 11 is 0. The molecule has 0 aliphatic carbocycles. The van der Waals surface area contributed by atoms with E-state index < -0.39 is 0 Å². The van der Waals surface area contributed by atoms with E-state index >= 15 is 0 Å². The largest absolute Gasteiger partial charge is 0.311 e. The molecule has 0 aliphatic heterocycles. The highest BCUT2D eigenvalue weighted by molar-refractivity contribution is 6.21. The van der Waals surface area contributed by atoms with E-state index in [1.807, 2.05) is 42.5 Å². The van der Waals surface area contributed by atoms with Gasteiger partial charge in [-0.2, -0.15) is 5.26 Å². The minimum atomic E-state index is 0.659. The molecule has 0 saturated carbocycles. The predicted octanol–water partition coefficient (Wildman–Crippen LogP) is 14.3. The second-order valence-corrected chi connectivity index (χ2v) is 13.6. The number of fused-ring (bicyclic) bond motifs is 2. The Hall–Kier alpha value is -7.47. The van der Waals surface area contributed by atoms with E-state index in [0.717, 1.165) is 44.9 Å². The molecule has 55 heavy (non-hydrogen) atoms. The third kappa shape index (κ3) is 6.46. The van der Waals surface area contributed by atoms with E-state index in [9.17, 15) is 5.26 Å². The van der Waals surface area contributed by atoms with Crippen LogP contribution in [-0.2, 0) is 0 Å². The lowest BCUT2D eigenvalue weighted by Gasteiger charge is -2.25. The second-order valence-electron chi connectivity index (χ2n) is 13.6. The maximum absolute atomic E-state index is 9.95. The molecule has 9 aromatic rings. The molecular formula is C53H36N2. The molecule has 0 spiro atoms. The normalized spacial score (nSPS) is 11.4. The fraction of sp³-hybridized carbons (Fsp3) is 0. The minimum Gasteiger partial charge on any atom is -0.311 e. The Bertz CT molecular complexity index is 2740. The first-order valence-electron chi connectivity index (χ1n) is 18.6. The molecule has 0 atom stereocenters. The number of anilines is 3. The minimum absolute atomic E-state index is 0.659. The average Bonchev–Trinajstić information content (AvgIpc) is 3.26. The number of nitriles is 1. The van der Waals surface area contributed by atoms with Crippen LogP contribution in [0.15, 0.2) is 212 Å². The first-order valence-corrected chi connectivity index (χ1v) is 18.6. The first kappa shape index (κ1) is 33.4. The lowest BCUT2D eigenvalue weighted by Crippen LogP contribution is -2.09. The number of para-hydroxylation sites is 2. The van der Waals surface area contributed by atoms with Gasteiger partial charge < -0.3 is 4.90 Å². The van der Waals surface area contributed by atoms with Crippen LogP contribution < -0.4 is 4.90 Å². The smallest absolute Gasteiger partial charge is 0.0998 e. The molecule has 258 valence electrons. The van der Waals surface area contributed by atoms with Crippen molar-refractivity contribution >= 4 is 50.3 Å². The Balaban J connectivity index is 1.15. The van der Waals surface area contributed by atoms with E-state index in [0.29, 0.717) is 5.56 Å². The molecule has 0 N–H and O–H groups in total. The van der Waals surface area contributed by atoms with E-state index in [4.69, 9.17) is 0 Å². The fourth-order valence-electron chi connectivity index (χ4n) is 7.79. The van der Waals surface area contributed by atoms with E-state index in [1.165, 1.54) is 38.2 Å². The van der Waals surface area contributed by atoms with Crippen molar-refractivity contribution in [1.82, 2.24) is 0 Å². The second kappa shape index (κ2) is 14.9. The van der Waals surface area contributed by atoms with Gasteiger partial charge in [-0.05, 0) is 109 Å². The van der Waals surface area contributed by atoms with E-state index in [2.05, 4.69) is 187 Å². The summed E-state index contributed by atoms with van der Waals surface area (Å²) in [6.07, 6.45) is 2.19. The Morgan fingerprint density at radius 2 is 0.800 bits per heavy atom. The topological polar surface area (TPSA) is 27.0 Å². The summed E-state index contributed by atoms with van der Waals surface area (Å²) in [6.45, 7) is 0. The molecule has 0 aliphatic rings. The van der Waals surface area contributed by atoms with Crippen LogP contribution in [0.3, 0.4) is 0 Å². The van der Waals surface area contributed by atoms with Crippen molar-refractivity contribution in [3.8, 4) is 28.3 Å². The van der Waals surface area contributed by atoms with Crippen molar-refractivity contribution in [2.75, 3.05) is 4.90 Å². The Morgan fingerprint density at radius 3 is 1.29 bits per heavy atom. The van der Waals surface area contributed by atoms with Crippen molar-refractivity contribution < 1.29 is 0 Å². The van der Waals surface area contributed by atoms with Crippen LogP contribution in [0, 0.1) is 11.3 Å². The summed E-state index contributed by atoms with van der Waals surface area (Å²) < 4.78 is 0. The Kier molecular flexibility index (Phi) is 9.02. The van der Waals surface area contributed by atoms with Gasteiger partial charge in [-0.25, -0.2) is 0 Å². The number of nitrogens with zero attached hydrogens (tertiary/aromatic N) is 2. The van der Waals surface area contributed by atoms with Crippen LogP contribution in [-0.4, -0.2) is 0 Å². The van der Waals surface area contributed by atoms with Gasteiger partial charge in [0.25, 0.3) is 0 Å². The zero-order valence-corrected chi connectivity index (χ0v) is 30.2. The number of rotatable bonds is 8. The van der Waals surface area contributed by atoms with Gasteiger partial charge in [0.2, 0.25) is 0 Å². The van der Waals surface area contributed by atoms with Gasteiger partial charge >= 0.3 is 0 Å². The number of hydrogen-bond acceptors (Lipinski definition) is 2. The molecule has 9 aromatic carbocycles. The molecule has 2 heteroatoms. The van der Waals surface area contributed by atoms with Crippen molar-refractivity contribution in [3.63, 3.8) is 0 Å². The summed E-state index contributed by atoms with van der Waals surface area (Å²) in [6, 6.07) is 77.0. The van der Waals surface area contributed by atoms with Gasteiger partial charge in [0.05, 0.1) is 11.6 Å². The summed E-state index contributed by atoms with van der Waals surface area (Å²) in [5.41, 5.74) is 12.9. The zero-order valence-electron chi connectivity index (χ0n) is 30.2. The van der Waals surface area contributed by atoms with Crippen LogP contribution in [0.25, 0.3) is 55.4 Å². The van der Waals surface area contributed by atoms with Gasteiger partial charge in [0.15, 0.2) is 0 Å². The summed E-state index contributed by atoms with van der Waals surface area (Å²) in [5.74, 6) is 0. The maximum atomic E-state index is 9.95. The summed E-state index contributed by atoms with van der Waals surface area (Å²) in [5, 5.41) is 14.8. The molecule has 0 saturated heterocycles. The van der Waals surface area contributed by atoms with Gasteiger partial charge in [0.1, 0.15) is 0 Å². The van der Waals surface area contributed by atoms with Gasteiger partial charge in [-0.15, -0.1) is 0 Å². The molecule has 0 unspecified atom stereocenters. The van der Waals surface area contributed by atoms with Crippen molar-refractivity contribution in [1.29, 1.82) is 5.26 Å². The molecular weight excluding hydrogens is 665 g/mol.